The van der Waals surface area contributed by atoms with Crippen LogP contribution in [0, 0.1) is 0 Å². The van der Waals surface area contributed by atoms with Gasteiger partial charge in [-0.05, 0) is 25.1 Å². The third-order valence-corrected chi connectivity index (χ3v) is 3.78. The highest BCUT2D eigenvalue weighted by Gasteiger charge is 2.11. The summed E-state index contributed by atoms with van der Waals surface area (Å²) in [4.78, 5) is 13.6. The number of hydrogen-bond acceptors (Lipinski definition) is 2. The zero-order chi connectivity index (χ0) is 15.2. The van der Waals surface area contributed by atoms with Crippen molar-refractivity contribution in [1.82, 2.24) is 10.2 Å². The number of thiocarbonyl (C=S) groups is 1. The third-order valence-electron chi connectivity index (χ3n) is 3.42. The minimum atomic E-state index is 0.0158. The molecule has 0 aliphatic carbocycles. The Balaban J connectivity index is 4.14. The molecule has 1 amide bonds. The number of amides is 1. The van der Waals surface area contributed by atoms with E-state index in [4.69, 9.17) is 12.2 Å². The molecule has 0 aromatic rings. The van der Waals surface area contributed by atoms with E-state index < -0.39 is 0 Å². The fourth-order valence-corrected chi connectivity index (χ4v) is 2.36. The monoisotopic (exact) mass is 300 g/mol. The lowest BCUT2D eigenvalue weighted by Crippen LogP contribution is -2.43. The van der Waals surface area contributed by atoms with E-state index in [1.165, 1.54) is 38.5 Å². The van der Waals surface area contributed by atoms with Crippen molar-refractivity contribution in [2.24, 2.45) is 0 Å². The van der Waals surface area contributed by atoms with Gasteiger partial charge in [0, 0.05) is 19.5 Å². The van der Waals surface area contributed by atoms with Gasteiger partial charge in [0.05, 0.1) is 0 Å². The SMILES string of the molecule is CCCCCCN(CCCCCC)C(=S)NC(=O)CC. The van der Waals surface area contributed by atoms with Crippen LogP contribution in [0.4, 0.5) is 0 Å². The maximum Gasteiger partial charge on any atom is 0.225 e. The summed E-state index contributed by atoms with van der Waals surface area (Å²) in [6.07, 6.45) is 10.3. The van der Waals surface area contributed by atoms with Crippen LogP contribution < -0.4 is 5.32 Å². The van der Waals surface area contributed by atoms with E-state index in [0.29, 0.717) is 11.5 Å². The highest BCUT2D eigenvalue weighted by Crippen LogP contribution is 2.06. The highest BCUT2D eigenvalue weighted by molar-refractivity contribution is 7.80. The fourth-order valence-electron chi connectivity index (χ4n) is 2.06. The van der Waals surface area contributed by atoms with Crippen molar-refractivity contribution in [3.05, 3.63) is 0 Å². The number of rotatable bonds is 11. The molecular formula is C16H32N2OS. The molecule has 3 nitrogen and oxygen atoms in total. The van der Waals surface area contributed by atoms with Gasteiger partial charge < -0.3 is 10.2 Å². The number of carbonyl (C=O) groups is 1. The maximum absolute atomic E-state index is 11.5. The summed E-state index contributed by atoms with van der Waals surface area (Å²) in [6, 6.07) is 0. The fraction of sp³-hybridized carbons (Fsp3) is 0.875. The molecule has 0 heterocycles. The van der Waals surface area contributed by atoms with Crippen LogP contribution in [0.15, 0.2) is 0 Å². The minimum absolute atomic E-state index is 0.0158. The van der Waals surface area contributed by atoms with Crippen LogP contribution in [0.2, 0.25) is 0 Å². The summed E-state index contributed by atoms with van der Waals surface area (Å²) in [6.45, 7) is 8.22. The van der Waals surface area contributed by atoms with Crippen LogP contribution in [0.1, 0.15) is 78.6 Å². The number of nitrogens with zero attached hydrogens (tertiary/aromatic N) is 1. The highest BCUT2D eigenvalue weighted by atomic mass is 32.1. The molecule has 0 aliphatic heterocycles. The standard InChI is InChI=1S/C16H32N2OS/c1-4-7-9-11-13-18(14-12-10-8-5-2)16(20)17-15(19)6-3/h4-14H2,1-3H3,(H,17,19,20). The lowest BCUT2D eigenvalue weighted by Gasteiger charge is -2.25. The quantitative estimate of drug-likeness (QED) is 0.457. The average molecular weight is 301 g/mol. The molecule has 0 fully saturated rings. The molecule has 0 saturated carbocycles. The van der Waals surface area contributed by atoms with Gasteiger partial charge in [-0.25, -0.2) is 0 Å². The van der Waals surface area contributed by atoms with Gasteiger partial charge in [0.2, 0.25) is 5.91 Å². The van der Waals surface area contributed by atoms with Crippen molar-refractivity contribution in [2.75, 3.05) is 13.1 Å². The summed E-state index contributed by atoms with van der Waals surface area (Å²) in [5.41, 5.74) is 0. The average Bonchev–Trinajstić information content (AvgIpc) is 2.45. The Morgan fingerprint density at radius 1 is 0.900 bits per heavy atom. The largest absolute Gasteiger partial charge is 0.349 e. The predicted molar refractivity (Wildman–Crippen MR) is 90.9 cm³/mol. The first kappa shape index (κ1) is 19.4. The summed E-state index contributed by atoms with van der Waals surface area (Å²) in [7, 11) is 0. The van der Waals surface area contributed by atoms with E-state index in [1.807, 2.05) is 6.92 Å². The Kier molecular flexibility index (Phi) is 12.9. The van der Waals surface area contributed by atoms with Crippen LogP contribution >= 0.6 is 12.2 Å². The Labute approximate surface area is 130 Å². The van der Waals surface area contributed by atoms with E-state index in [2.05, 4.69) is 24.1 Å². The third kappa shape index (κ3) is 10.2. The summed E-state index contributed by atoms with van der Waals surface area (Å²) in [5.74, 6) is 0.0158. The molecule has 0 aromatic carbocycles. The molecule has 0 radical (unpaired) electrons. The van der Waals surface area contributed by atoms with Gasteiger partial charge in [0.1, 0.15) is 0 Å². The van der Waals surface area contributed by atoms with E-state index in [9.17, 15) is 4.79 Å². The number of carbonyl (C=O) groups excluding carboxylic acids is 1. The molecule has 1 N–H and O–H groups in total. The molecule has 0 atom stereocenters. The van der Waals surface area contributed by atoms with Crippen molar-refractivity contribution in [1.29, 1.82) is 0 Å². The van der Waals surface area contributed by atoms with Crippen LogP contribution in [-0.2, 0) is 4.79 Å². The second kappa shape index (κ2) is 13.3. The van der Waals surface area contributed by atoms with Crippen molar-refractivity contribution in [3.8, 4) is 0 Å². The molecule has 20 heavy (non-hydrogen) atoms. The minimum Gasteiger partial charge on any atom is -0.349 e. The first-order valence-electron chi connectivity index (χ1n) is 8.24. The molecule has 0 rings (SSSR count). The molecule has 0 spiro atoms. The molecule has 0 saturated heterocycles. The van der Waals surface area contributed by atoms with Crippen LogP contribution in [0.25, 0.3) is 0 Å². The summed E-state index contributed by atoms with van der Waals surface area (Å²) >= 11 is 5.37. The lowest BCUT2D eigenvalue weighted by molar-refractivity contribution is -0.119. The van der Waals surface area contributed by atoms with Gasteiger partial charge >= 0.3 is 0 Å². The normalized spacial score (nSPS) is 10.3. The van der Waals surface area contributed by atoms with E-state index in [-0.39, 0.29) is 5.91 Å². The van der Waals surface area contributed by atoms with Crippen LogP contribution in [0.5, 0.6) is 0 Å². The van der Waals surface area contributed by atoms with Gasteiger partial charge in [-0.2, -0.15) is 0 Å². The van der Waals surface area contributed by atoms with Gasteiger partial charge in [-0.1, -0.05) is 59.3 Å². The smallest absolute Gasteiger partial charge is 0.225 e. The number of unbranched alkanes of at least 4 members (excludes halogenated alkanes) is 6. The Morgan fingerprint density at radius 3 is 1.80 bits per heavy atom. The van der Waals surface area contributed by atoms with E-state index >= 15 is 0 Å². The Hall–Kier alpha value is -0.640. The summed E-state index contributed by atoms with van der Waals surface area (Å²) < 4.78 is 0. The van der Waals surface area contributed by atoms with E-state index in [0.717, 1.165) is 25.9 Å². The van der Waals surface area contributed by atoms with E-state index in [1.54, 1.807) is 0 Å². The molecule has 118 valence electrons. The molecule has 0 aliphatic rings. The number of nitrogens with one attached hydrogen (secondary N) is 1. The van der Waals surface area contributed by atoms with Crippen molar-refractivity contribution in [2.45, 2.75) is 78.6 Å². The second-order valence-electron chi connectivity index (χ2n) is 5.32. The van der Waals surface area contributed by atoms with Gasteiger partial charge in [-0.15, -0.1) is 0 Å². The molecule has 0 unspecified atom stereocenters. The lowest BCUT2D eigenvalue weighted by atomic mass is 10.2. The molecular weight excluding hydrogens is 268 g/mol. The zero-order valence-electron chi connectivity index (χ0n) is 13.5. The Bertz CT molecular complexity index is 257. The number of hydrogen-bond donors (Lipinski definition) is 1. The first-order valence-corrected chi connectivity index (χ1v) is 8.65. The first-order chi connectivity index (χ1) is 9.65. The summed E-state index contributed by atoms with van der Waals surface area (Å²) in [5, 5.41) is 3.45. The molecule has 0 aromatic heterocycles. The van der Waals surface area contributed by atoms with Gasteiger partial charge in [0.25, 0.3) is 0 Å². The molecule has 4 heteroatoms. The topological polar surface area (TPSA) is 32.3 Å². The maximum atomic E-state index is 11.5. The van der Waals surface area contributed by atoms with Gasteiger partial charge in [-0.3, -0.25) is 4.79 Å². The van der Waals surface area contributed by atoms with Crippen LogP contribution in [0.3, 0.4) is 0 Å². The second-order valence-corrected chi connectivity index (χ2v) is 5.70. The van der Waals surface area contributed by atoms with Crippen LogP contribution in [-0.4, -0.2) is 29.0 Å². The molecule has 0 bridgehead atoms. The predicted octanol–water partition coefficient (Wildman–Crippen LogP) is 4.26. The zero-order valence-corrected chi connectivity index (χ0v) is 14.4. The van der Waals surface area contributed by atoms with Crippen molar-refractivity contribution < 1.29 is 4.79 Å². The van der Waals surface area contributed by atoms with Crippen molar-refractivity contribution >= 4 is 23.2 Å². The van der Waals surface area contributed by atoms with Gasteiger partial charge in [0.15, 0.2) is 5.11 Å². The van der Waals surface area contributed by atoms with Crippen molar-refractivity contribution in [3.63, 3.8) is 0 Å². The Morgan fingerprint density at radius 2 is 1.40 bits per heavy atom.